The number of fused-ring (bicyclic) bond motifs is 1. The van der Waals surface area contributed by atoms with Crippen molar-refractivity contribution < 1.29 is 4.39 Å². The summed E-state index contributed by atoms with van der Waals surface area (Å²) in [5, 5.41) is 0.966. The Labute approximate surface area is 133 Å². The molecule has 0 bridgehead atoms. The molecule has 3 rings (SSSR count). The lowest BCUT2D eigenvalue weighted by Crippen LogP contribution is -2.35. The Hall–Kier alpha value is -2.11. The number of nitrogens with zero attached hydrogens (tertiary/aromatic N) is 1. The van der Waals surface area contributed by atoms with Crippen LogP contribution in [-0.2, 0) is 6.54 Å². The molecule has 0 saturated heterocycles. The first-order valence-electron chi connectivity index (χ1n) is 6.32. The minimum Gasteiger partial charge on any atom is -0.307 e. The number of hydrogen-bond donors (Lipinski definition) is 1. The second kappa shape index (κ2) is 5.59. The van der Waals surface area contributed by atoms with Gasteiger partial charge in [0, 0.05) is 0 Å². The van der Waals surface area contributed by atoms with Gasteiger partial charge < -0.3 is 4.98 Å². The van der Waals surface area contributed by atoms with E-state index in [1.54, 1.807) is 18.2 Å². The van der Waals surface area contributed by atoms with E-state index in [0.29, 0.717) is 15.6 Å². The first-order chi connectivity index (χ1) is 10.5. The molecule has 1 N–H and O–H groups in total. The van der Waals surface area contributed by atoms with Crippen molar-refractivity contribution in [3.05, 3.63) is 78.7 Å². The molecular formula is C15H9Cl2FN2O2. The predicted octanol–water partition coefficient (Wildman–Crippen LogP) is 3.18. The monoisotopic (exact) mass is 338 g/mol. The molecule has 0 saturated carbocycles. The zero-order chi connectivity index (χ0) is 15.9. The Morgan fingerprint density at radius 3 is 2.55 bits per heavy atom. The van der Waals surface area contributed by atoms with Gasteiger partial charge in [-0.3, -0.25) is 9.36 Å². The van der Waals surface area contributed by atoms with Crippen LogP contribution in [-0.4, -0.2) is 9.55 Å². The summed E-state index contributed by atoms with van der Waals surface area (Å²) in [7, 11) is 0. The van der Waals surface area contributed by atoms with Crippen molar-refractivity contribution in [1.82, 2.24) is 9.55 Å². The molecule has 0 fully saturated rings. The average Bonchev–Trinajstić information content (AvgIpc) is 2.46. The summed E-state index contributed by atoms with van der Waals surface area (Å²) in [6.07, 6.45) is 0. The van der Waals surface area contributed by atoms with Crippen LogP contribution in [0, 0.1) is 5.82 Å². The van der Waals surface area contributed by atoms with E-state index in [4.69, 9.17) is 23.2 Å². The Kier molecular flexibility index (Phi) is 3.76. The fourth-order valence-corrected chi connectivity index (χ4v) is 2.51. The van der Waals surface area contributed by atoms with Crippen LogP contribution in [0.25, 0.3) is 10.9 Å². The van der Waals surface area contributed by atoms with Gasteiger partial charge >= 0.3 is 5.69 Å². The maximum absolute atomic E-state index is 13.2. The van der Waals surface area contributed by atoms with E-state index in [2.05, 4.69) is 4.98 Å². The lowest BCUT2D eigenvalue weighted by atomic mass is 10.2. The lowest BCUT2D eigenvalue weighted by Gasteiger charge is -2.07. The summed E-state index contributed by atoms with van der Waals surface area (Å²) >= 11 is 11.8. The maximum atomic E-state index is 13.2. The van der Waals surface area contributed by atoms with Crippen molar-refractivity contribution in [2.75, 3.05) is 0 Å². The van der Waals surface area contributed by atoms with Gasteiger partial charge in [0.05, 0.1) is 27.5 Å². The minimum atomic E-state index is -0.617. The van der Waals surface area contributed by atoms with Crippen molar-refractivity contribution >= 4 is 34.1 Å². The minimum absolute atomic E-state index is 0.0401. The highest BCUT2D eigenvalue weighted by molar-refractivity contribution is 6.42. The average molecular weight is 339 g/mol. The molecule has 22 heavy (non-hydrogen) atoms. The van der Waals surface area contributed by atoms with Crippen LogP contribution < -0.4 is 11.2 Å². The molecule has 0 radical (unpaired) electrons. The third-order valence-corrected chi connectivity index (χ3v) is 4.01. The zero-order valence-electron chi connectivity index (χ0n) is 11.1. The summed E-state index contributed by atoms with van der Waals surface area (Å²) < 4.78 is 14.2. The highest BCUT2D eigenvalue weighted by Gasteiger charge is 2.09. The van der Waals surface area contributed by atoms with Gasteiger partial charge in [-0.1, -0.05) is 29.3 Å². The summed E-state index contributed by atoms with van der Waals surface area (Å²) in [4.78, 5) is 26.9. The first-order valence-corrected chi connectivity index (χ1v) is 7.07. The maximum Gasteiger partial charge on any atom is 0.329 e. The van der Waals surface area contributed by atoms with Crippen LogP contribution in [0.4, 0.5) is 4.39 Å². The molecule has 7 heteroatoms. The van der Waals surface area contributed by atoms with E-state index in [1.807, 2.05) is 0 Å². The van der Waals surface area contributed by atoms with E-state index in [1.165, 1.54) is 12.1 Å². The van der Waals surface area contributed by atoms with Gasteiger partial charge in [0.2, 0.25) is 0 Å². The van der Waals surface area contributed by atoms with E-state index in [0.717, 1.165) is 10.6 Å². The lowest BCUT2D eigenvalue weighted by molar-refractivity contribution is 0.628. The number of hydrogen-bond acceptors (Lipinski definition) is 2. The van der Waals surface area contributed by atoms with Crippen LogP contribution in [0.3, 0.4) is 0 Å². The molecule has 0 aliphatic carbocycles. The van der Waals surface area contributed by atoms with Gasteiger partial charge in [0.15, 0.2) is 0 Å². The second-order valence-corrected chi connectivity index (χ2v) is 5.57. The fourth-order valence-electron chi connectivity index (χ4n) is 2.19. The highest BCUT2D eigenvalue weighted by atomic mass is 35.5. The molecule has 0 unspecified atom stereocenters. The van der Waals surface area contributed by atoms with Crippen molar-refractivity contribution in [1.29, 1.82) is 0 Å². The molecular weight excluding hydrogens is 330 g/mol. The van der Waals surface area contributed by atoms with Crippen LogP contribution >= 0.6 is 23.2 Å². The van der Waals surface area contributed by atoms with Gasteiger partial charge in [-0.2, -0.15) is 0 Å². The number of aromatic nitrogens is 2. The highest BCUT2D eigenvalue weighted by Crippen LogP contribution is 2.22. The normalized spacial score (nSPS) is 11.0. The Balaban J connectivity index is 2.14. The summed E-state index contributed by atoms with van der Waals surface area (Å²) in [6.45, 7) is 0.0401. The van der Waals surface area contributed by atoms with Crippen LogP contribution in [0.2, 0.25) is 10.0 Å². The third-order valence-electron chi connectivity index (χ3n) is 3.27. The Bertz CT molecular complexity index is 995. The van der Waals surface area contributed by atoms with Gasteiger partial charge in [0.1, 0.15) is 5.82 Å². The van der Waals surface area contributed by atoms with Crippen molar-refractivity contribution in [3.8, 4) is 0 Å². The SMILES string of the molecule is O=c1[nH]c2cc(F)ccc2c(=O)n1Cc1ccc(Cl)c(Cl)c1. The predicted molar refractivity (Wildman–Crippen MR) is 84.4 cm³/mol. The molecule has 0 atom stereocenters. The van der Waals surface area contributed by atoms with Gasteiger partial charge in [-0.25, -0.2) is 9.18 Å². The molecule has 0 amide bonds. The van der Waals surface area contributed by atoms with Gasteiger partial charge in [-0.15, -0.1) is 0 Å². The van der Waals surface area contributed by atoms with E-state index >= 15 is 0 Å². The number of halogens is 3. The van der Waals surface area contributed by atoms with Gasteiger partial charge in [0.25, 0.3) is 5.56 Å². The van der Waals surface area contributed by atoms with Gasteiger partial charge in [-0.05, 0) is 35.9 Å². The molecule has 0 aliphatic heterocycles. The molecule has 0 aliphatic rings. The van der Waals surface area contributed by atoms with Crippen LogP contribution in [0.1, 0.15) is 5.56 Å². The molecule has 112 valence electrons. The summed E-state index contributed by atoms with van der Waals surface area (Å²) in [6, 6.07) is 8.48. The van der Waals surface area contributed by atoms with Crippen molar-refractivity contribution in [2.45, 2.75) is 6.54 Å². The topological polar surface area (TPSA) is 54.9 Å². The number of benzene rings is 2. The fraction of sp³-hybridized carbons (Fsp3) is 0.0667. The quantitative estimate of drug-likeness (QED) is 0.780. The largest absolute Gasteiger partial charge is 0.329 e. The molecule has 3 aromatic rings. The van der Waals surface area contributed by atoms with E-state index in [-0.39, 0.29) is 17.4 Å². The first kappa shape index (κ1) is 14.8. The Morgan fingerprint density at radius 2 is 1.82 bits per heavy atom. The molecule has 1 heterocycles. The van der Waals surface area contributed by atoms with Crippen LogP contribution in [0.15, 0.2) is 46.0 Å². The third kappa shape index (κ3) is 2.65. The standard InChI is InChI=1S/C15H9Cl2FN2O2/c16-11-4-1-8(5-12(11)17)7-20-14(21)10-3-2-9(18)6-13(10)19-15(20)22/h1-6H,7H2,(H,19,22). The number of rotatable bonds is 2. The second-order valence-electron chi connectivity index (χ2n) is 4.76. The molecule has 2 aromatic carbocycles. The molecule has 0 spiro atoms. The molecule has 4 nitrogen and oxygen atoms in total. The summed E-state index contributed by atoms with van der Waals surface area (Å²) in [5.41, 5.74) is -0.289. The smallest absolute Gasteiger partial charge is 0.307 e. The number of aromatic amines is 1. The summed E-state index contributed by atoms with van der Waals surface area (Å²) in [5.74, 6) is -0.523. The Morgan fingerprint density at radius 1 is 1.05 bits per heavy atom. The number of nitrogens with one attached hydrogen (secondary N) is 1. The van der Waals surface area contributed by atoms with Crippen LogP contribution in [0.5, 0.6) is 0 Å². The van der Waals surface area contributed by atoms with E-state index < -0.39 is 17.1 Å². The zero-order valence-corrected chi connectivity index (χ0v) is 12.6. The molecule has 1 aromatic heterocycles. The van der Waals surface area contributed by atoms with Crippen molar-refractivity contribution in [2.24, 2.45) is 0 Å². The van der Waals surface area contributed by atoms with Crippen molar-refractivity contribution in [3.63, 3.8) is 0 Å². The van der Waals surface area contributed by atoms with E-state index in [9.17, 15) is 14.0 Å². The number of H-pyrrole nitrogens is 1.